The molecule has 88 valence electrons. The molecule has 0 heterocycles. The van der Waals surface area contributed by atoms with E-state index >= 15 is 0 Å². The van der Waals surface area contributed by atoms with Crippen molar-refractivity contribution in [2.24, 2.45) is 5.92 Å². The van der Waals surface area contributed by atoms with E-state index in [2.05, 4.69) is 17.4 Å². The fourth-order valence-electron chi connectivity index (χ4n) is 2.40. The molecule has 0 aliphatic heterocycles. The summed E-state index contributed by atoms with van der Waals surface area (Å²) in [7, 11) is 0. The molecule has 0 saturated heterocycles. The molecule has 0 unspecified atom stereocenters. The number of nitrogen functional groups attached to an aromatic ring is 1. The normalized spacial score (nSPS) is 17.3. The van der Waals surface area contributed by atoms with E-state index in [4.69, 9.17) is 5.73 Å². The van der Waals surface area contributed by atoms with Gasteiger partial charge in [0.15, 0.2) is 0 Å². The van der Waals surface area contributed by atoms with E-state index in [1.807, 2.05) is 13.0 Å². The van der Waals surface area contributed by atoms with Gasteiger partial charge in [-0.05, 0) is 43.4 Å². The molecule has 0 bridgehead atoms. The molecule has 2 rings (SSSR count). The van der Waals surface area contributed by atoms with Gasteiger partial charge in [0.05, 0.1) is 0 Å². The van der Waals surface area contributed by atoms with Gasteiger partial charge >= 0.3 is 0 Å². The third-order valence-corrected chi connectivity index (χ3v) is 3.60. The summed E-state index contributed by atoms with van der Waals surface area (Å²) in [6.07, 6.45) is 7.00. The first kappa shape index (κ1) is 11.3. The number of hydrogen-bond donors (Lipinski definition) is 2. The third-order valence-electron chi connectivity index (χ3n) is 3.60. The molecule has 0 aromatic heterocycles. The van der Waals surface area contributed by atoms with E-state index in [9.17, 15) is 0 Å². The van der Waals surface area contributed by atoms with Crippen LogP contribution in [0.3, 0.4) is 0 Å². The van der Waals surface area contributed by atoms with Gasteiger partial charge in [-0.3, -0.25) is 0 Å². The summed E-state index contributed by atoms with van der Waals surface area (Å²) in [5, 5.41) is 3.50. The Hall–Kier alpha value is -1.18. The predicted molar refractivity (Wildman–Crippen MR) is 70.7 cm³/mol. The Morgan fingerprint density at radius 3 is 2.69 bits per heavy atom. The minimum absolute atomic E-state index is 0.858. The summed E-state index contributed by atoms with van der Waals surface area (Å²) in [5.74, 6) is 0.858. The average Bonchev–Trinajstić information content (AvgIpc) is 2.32. The van der Waals surface area contributed by atoms with Gasteiger partial charge in [-0.2, -0.15) is 0 Å². The van der Waals surface area contributed by atoms with Crippen molar-refractivity contribution in [1.82, 2.24) is 0 Å². The van der Waals surface area contributed by atoms with Crippen LogP contribution in [-0.4, -0.2) is 6.54 Å². The molecule has 0 amide bonds. The number of anilines is 2. The lowest BCUT2D eigenvalue weighted by Crippen LogP contribution is -2.17. The number of rotatable bonds is 3. The minimum Gasteiger partial charge on any atom is -0.398 e. The number of aryl methyl sites for hydroxylation is 1. The van der Waals surface area contributed by atoms with Crippen molar-refractivity contribution < 1.29 is 0 Å². The summed E-state index contributed by atoms with van der Waals surface area (Å²) < 4.78 is 0. The SMILES string of the molecule is Cc1ccc(NCC2CCCCC2)cc1N. The highest BCUT2D eigenvalue weighted by Gasteiger charge is 2.12. The highest BCUT2D eigenvalue weighted by molar-refractivity contribution is 5.58. The number of nitrogens with two attached hydrogens (primary N) is 1. The van der Waals surface area contributed by atoms with E-state index in [0.29, 0.717) is 0 Å². The molecule has 16 heavy (non-hydrogen) atoms. The van der Waals surface area contributed by atoms with Gasteiger partial charge in [0.1, 0.15) is 0 Å². The second kappa shape index (κ2) is 5.24. The molecule has 1 aliphatic carbocycles. The van der Waals surface area contributed by atoms with Crippen molar-refractivity contribution in [2.75, 3.05) is 17.6 Å². The molecule has 2 nitrogen and oxygen atoms in total. The first-order valence-corrected chi connectivity index (χ1v) is 6.36. The van der Waals surface area contributed by atoms with E-state index in [1.54, 1.807) is 0 Å². The summed E-state index contributed by atoms with van der Waals surface area (Å²) >= 11 is 0. The fourth-order valence-corrected chi connectivity index (χ4v) is 2.40. The Kier molecular flexibility index (Phi) is 3.70. The van der Waals surface area contributed by atoms with Gasteiger partial charge in [-0.25, -0.2) is 0 Å². The molecule has 1 aliphatic rings. The summed E-state index contributed by atoms with van der Waals surface area (Å²) in [6, 6.07) is 6.24. The summed E-state index contributed by atoms with van der Waals surface area (Å²) in [4.78, 5) is 0. The fraction of sp³-hybridized carbons (Fsp3) is 0.571. The molecule has 0 spiro atoms. The highest BCUT2D eigenvalue weighted by Crippen LogP contribution is 2.24. The second-order valence-electron chi connectivity index (χ2n) is 4.96. The van der Waals surface area contributed by atoms with Crippen LogP contribution < -0.4 is 11.1 Å². The molecule has 1 aromatic rings. The summed E-state index contributed by atoms with van der Waals surface area (Å²) in [6.45, 7) is 3.14. The Bertz CT molecular complexity index is 341. The van der Waals surface area contributed by atoms with Crippen LogP contribution in [0.1, 0.15) is 37.7 Å². The van der Waals surface area contributed by atoms with Crippen LogP contribution in [0, 0.1) is 12.8 Å². The monoisotopic (exact) mass is 218 g/mol. The predicted octanol–water partition coefficient (Wildman–Crippen LogP) is 3.57. The van der Waals surface area contributed by atoms with Crippen molar-refractivity contribution in [3.8, 4) is 0 Å². The molecule has 2 heteroatoms. The number of benzene rings is 1. The standard InChI is InChI=1S/C14H22N2/c1-11-7-8-13(9-14(11)15)16-10-12-5-3-2-4-6-12/h7-9,12,16H,2-6,10,15H2,1H3. The van der Waals surface area contributed by atoms with Crippen molar-refractivity contribution in [2.45, 2.75) is 39.0 Å². The van der Waals surface area contributed by atoms with Crippen LogP contribution in [0.15, 0.2) is 18.2 Å². The van der Waals surface area contributed by atoms with Crippen LogP contribution in [0.5, 0.6) is 0 Å². The highest BCUT2D eigenvalue weighted by atomic mass is 14.9. The smallest absolute Gasteiger partial charge is 0.0364 e. The lowest BCUT2D eigenvalue weighted by atomic mass is 9.89. The zero-order valence-electron chi connectivity index (χ0n) is 10.1. The molecule has 1 saturated carbocycles. The molecule has 0 radical (unpaired) electrons. The van der Waals surface area contributed by atoms with Gasteiger partial charge in [0, 0.05) is 17.9 Å². The Morgan fingerprint density at radius 1 is 1.25 bits per heavy atom. The van der Waals surface area contributed by atoms with Gasteiger partial charge in [-0.1, -0.05) is 25.3 Å². The quantitative estimate of drug-likeness (QED) is 0.761. The number of nitrogens with one attached hydrogen (secondary N) is 1. The first-order valence-electron chi connectivity index (χ1n) is 6.36. The average molecular weight is 218 g/mol. The Labute approximate surface area is 98.2 Å². The molecular weight excluding hydrogens is 196 g/mol. The van der Waals surface area contributed by atoms with Crippen molar-refractivity contribution >= 4 is 11.4 Å². The Balaban J connectivity index is 1.86. The second-order valence-corrected chi connectivity index (χ2v) is 4.96. The van der Waals surface area contributed by atoms with Crippen LogP contribution in [-0.2, 0) is 0 Å². The molecule has 3 N–H and O–H groups in total. The molecule has 1 aromatic carbocycles. The van der Waals surface area contributed by atoms with Gasteiger partial charge in [-0.15, -0.1) is 0 Å². The van der Waals surface area contributed by atoms with Crippen LogP contribution in [0.2, 0.25) is 0 Å². The topological polar surface area (TPSA) is 38.0 Å². The van der Waals surface area contributed by atoms with Crippen molar-refractivity contribution in [3.63, 3.8) is 0 Å². The minimum atomic E-state index is 0.858. The van der Waals surface area contributed by atoms with Gasteiger partial charge in [0.2, 0.25) is 0 Å². The lowest BCUT2D eigenvalue weighted by Gasteiger charge is -2.22. The van der Waals surface area contributed by atoms with Crippen molar-refractivity contribution in [1.29, 1.82) is 0 Å². The van der Waals surface area contributed by atoms with E-state index in [1.165, 1.54) is 32.1 Å². The van der Waals surface area contributed by atoms with Crippen LogP contribution >= 0.6 is 0 Å². The summed E-state index contributed by atoms with van der Waals surface area (Å²) in [5.41, 5.74) is 9.09. The number of hydrogen-bond acceptors (Lipinski definition) is 2. The maximum absolute atomic E-state index is 5.89. The lowest BCUT2D eigenvalue weighted by molar-refractivity contribution is 0.373. The van der Waals surface area contributed by atoms with E-state index in [-0.39, 0.29) is 0 Å². The zero-order chi connectivity index (χ0) is 11.4. The van der Waals surface area contributed by atoms with E-state index < -0.39 is 0 Å². The van der Waals surface area contributed by atoms with Gasteiger partial charge in [0.25, 0.3) is 0 Å². The van der Waals surface area contributed by atoms with Crippen molar-refractivity contribution in [3.05, 3.63) is 23.8 Å². The largest absolute Gasteiger partial charge is 0.398 e. The maximum atomic E-state index is 5.89. The molecule has 0 atom stereocenters. The zero-order valence-corrected chi connectivity index (χ0v) is 10.1. The van der Waals surface area contributed by atoms with Crippen LogP contribution in [0.25, 0.3) is 0 Å². The third kappa shape index (κ3) is 2.91. The van der Waals surface area contributed by atoms with Crippen LogP contribution in [0.4, 0.5) is 11.4 Å². The van der Waals surface area contributed by atoms with Gasteiger partial charge < -0.3 is 11.1 Å². The molecular formula is C14H22N2. The maximum Gasteiger partial charge on any atom is 0.0364 e. The van der Waals surface area contributed by atoms with E-state index in [0.717, 1.165) is 29.4 Å². The Morgan fingerprint density at radius 2 is 2.00 bits per heavy atom. The first-order chi connectivity index (χ1) is 7.75. The molecule has 1 fully saturated rings.